The molecule has 1 aromatic heterocycles. The molecule has 21 heavy (non-hydrogen) atoms. The highest BCUT2D eigenvalue weighted by molar-refractivity contribution is 5.73. The average Bonchev–Trinajstić information content (AvgIpc) is 3.11. The second-order valence-electron chi connectivity index (χ2n) is 6.46. The van der Waals surface area contributed by atoms with Gasteiger partial charge in [-0.2, -0.15) is 0 Å². The maximum atomic E-state index is 11.4. The number of amides is 1. The predicted molar refractivity (Wildman–Crippen MR) is 84.2 cm³/mol. The lowest BCUT2D eigenvalue weighted by atomic mass is 10.0. The summed E-state index contributed by atoms with van der Waals surface area (Å²) < 4.78 is 0. The molecule has 1 aliphatic carbocycles. The van der Waals surface area contributed by atoms with Gasteiger partial charge in [-0.15, -0.1) is 0 Å². The van der Waals surface area contributed by atoms with E-state index in [-0.39, 0.29) is 5.91 Å². The zero-order valence-corrected chi connectivity index (χ0v) is 12.8. The van der Waals surface area contributed by atoms with E-state index in [2.05, 4.69) is 23.5 Å². The van der Waals surface area contributed by atoms with Gasteiger partial charge in [-0.1, -0.05) is 18.9 Å². The Hall–Kier alpha value is -1.58. The van der Waals surface area contributed by atoms with Gasteiger partial charge < -0.3 is 10.2 Å². The first kappa shape index (κ1) is 14.4. The monoisotopic (exact) mass is 287 g/mol. The Labute approximate surface area is 126 Å². The van der Waals surface area contributed by atoms with Crippen LogP contribution < -0.4 is 5.32 Å². The van der Waals surface area contributed by atoms with E-state index in [1.165, 1.54) is 25.7 Å². The van der Waals surface area contributed by atoms with Crippen molar-refractivity contribution in [2.45, 2.75) is 51.5 Å². The Balaban J connectivity index is 1.57. The summed E-state index contributed by atoms with van der Waals surface area (Å²) in [6.07, 6.45) is 7.27. The molecule has 3 rings (SSSR count). The van der Waals surface area contributed by atoms with Crippen LogP contribution in [0, 0.1) is 5.92 Å². The molecule has 1 atom stereocenters. The number of carbonyl (C=O) groups is 1. The minimum atomic E-state index is 0.196. The topological polar surface area (TPSA) is 45.2 Å². The molecule has 4 heteroatoms. The van der Waals surface area contributed by atoms with Crippen molar-refractivity contribution in [3.8, 4) is 0 Å². The van der Waals surface area contributed by atoms with Crippen LogP contribution in [0.4, 0.5) is 5.82 Å². The van der Waals surface area contributed by atoms with Crippen molar-refractivity contribution < 1.29 is 4.79 Å². The number of hydrogen-bond acceptors (Lipinski definition) is 3. The number of hydrogen-bond donors (Lipinski definition) is 1. The number of aromatic nitrogens is 1. The molecule has 2 fully saturated rings. The maximum absolute atomic E-state index is 11.4. The fourth-order valence-corrected chi connectivity index (χ4v) is 3.53. The fraction of sp³-hybridized carbons (Fsp3) is 0.647. The molecule has 0 aromatic carbocycles. The van der Waals surface area contributed by atoms with E-state index in [0.717, 1.165) is 37.4 Å². The molecule has 2 heterocycles. The van der Waals surface area contributed by atoms with E-state index in [9.17, 15) is 4.79 Å². The summed E-state index contributed by atoms with van der Waals surface area (Å²) in [5, 5.41) is 3.56. The highest BCUT2D eigenvalue weighted by atomic mass is 16.2. The molecule has 114 valence electrons. The number of pyridine rings is 1. The fourth-order valence-electron chi connectivity index (χ4n) is 3.53. The second kappa shape index (κ2) is 6.46. The van der Waals surface area contributed by atoms with Gasteiger partial charge in [-0.25, -0.2) is 4.98 Å². The first-order valence-corrected chi connectivity index (χ1v) is 8.18. The first-order chi connectivity index (χ1) is 10.2. The molecule has 1 N–H and O–H groups in total. The van der Waals surface area contributed by atoms with Crippen molar-refractivity contribution in [3.05, 3.63) is 23.9 Å². The number of anilines is 1. The van der Waals surface area contributed by atoms with Gasteiger partial charge in [0.05, 0.1) is 0 Å². The highest BCUT2D eigenvalue weighted by Gasteiger charge is 2.24. The molecule has 1 aromatic rings. The smallest absolute Gasteiger partial charge is 0.219 e. The third-order valence-electron chi connectivity index (χ3n) is 4.74. The van der Waals surface area contributed by atoms with Crippen molar-refractivity contribution in [2.24, 2.45) is 5.92 Å². The summed E-state index contributed by atoms with van der Waals surface area (Å²) >= 11 is 0. The van der Waals surface area contributed by atoms with Crippen LogP contribution >= 0.6 is 0 Å². The molecular weight excluding hydrogens is 262 g/mol. The standard InChI is InChI=1S/C17H25N3O/c1-13(21)20-10-9-14(12-20)11-16-7-4-8-17(19-16)18-15-5-2-3-6-15/h4,7-8,14-15H,2-3,5-6,9-12H2,1H3,(H,18,19)/t14-/m0/s1. The van der Waals surface area contributed by atoms with Gasteiger partial charge in [-0.3, -0.25) is 4.79 Å². The summed E-state index contributed by atoms with van der Waals surface area (Å²) in [6, 6.07) is 6.87. The molecular formula is C17H25N3O. The van der Waals surface area contributed by atoms with Gasteiger partial charge in [0.15, 0.2) is 0 Å². The summed E-state index contributed by atoms with van der Waals surface area (Å²) in [4.78, 5) is 18.1. The van der Waals surface area contributed by atoms with Crippen LogP contribution in [0.2, 0.25) is 0 Å². The van der Waals surface area contributed by atoms with Crippen molar-refractivity contribution >= 4 is 11.7 Å². The summed E-state index contributed by atoms with van der Waals surface area (Å²) in [5.41, 5.74) is 1.15. The predicted octanol–water partition coefficient (Wildman–Crippen LogP) is 2.85. The molecule has 2 aliphatic rings. The molecule has 0 spiro atoms. The van der Waals surface area contributed by atoms with Crippen LogP contribution in [0.3, 0.4) is 0 Å². The highest BCUT2D eigenvalue weighted by Crippen LogP contribution is 2.23. The zero-order chi connectivity index (χ0) is 14.7. The number of likely N-dealkylation sites (tertiary alicyclic amines) is 1. The van der Waals surface area contributed by atoms with E-state index >= 15 is 0 Å². The number of nitrogens with one attached hydrogen (secondary N) is 1. The van der Waals surface area contributed by atoms with E-state index in [4.69, 9.17) is 4.98 Å². The van der Waals surface area contributed by atoms with Gasteiger partial charge in [0.25, 0.3) is 0 Å². The normalized spacial score (nSPS) is 22.7. The van der Waals surface area contributed by atoms with Crippen molar-refractivity contribution in [2.75, 3.05) is 18.4 Å². The van der Waals surface area contributed by atoms with Gasteiger partial charge in [0, 0.05) is 31.7 Å². The van der Waals surface area contributed by atoms with Crippen LogP contribution in [-0.4, -0.2) is 34.9 Å². The first-order valence-electron chi connectivity index (χ1n) is 8.18. The van der Waals surface area contributed by atoms with Crippen LogP contribution in [0.25, 0.3) is 0 Å². The lowest BCUT2D eigenvalue weighted by Gasteiger charge is -2.15. The number of rotatable bonds is 4. The SMILES string of the molecule is CC(=O)N1CC[C@@H](Cc2cccc(NC3CCCC3)n2)C1. The zero-order valence-electron chi connectivity index (χ0n) is 12.8. The minimum Gasteiger partial charge on any atom is -0.367 e. The van der Waals surface area contributed by atoms with E-state index < -0.39 is 0 Å². The molecule has 1 aliphatic heterocycles. The van der Waals surface area contributed by atoms with Crippen LogP contribution in [0.1, 0.15) is 44.7 Å². The van der Waals surface area contributed by atoms with Gasteiger partial charge >= 0.3 is 0 Å². The molecule has 0 unspecified atom stereocenters. The van der Waals surface area contributed by atoms with Crippen molar-refractivity contribution in [1.82, 2.24) is 9.88 Å². The molecule has 0 radical (unpaired) electrons. The Morgan fingerprint density at radius 2 is 2.14 bits per heavy atom. The Kier molecular flexibility index (Phi) is 4.42. The Morgan fingerprint density at radius 1 is 1.33 bits per heavy atom. The van der Waals surface area contributed by atoms with Crippen LogP contribution in [0.15, 0.2) is 18.2 Å². The maximum Gasteiger partial charge on any atom is 0.219 e. The third-order valence-corrected chi connectivity index (χ3v) is 4.74. The van der Waals surface area contributed by atoms with Gasteiger partial charge in [0.2, 0.25) is 5.91 Å². The van der Waals surface area contributed by atoms with Crippen LogP contribution in [0.5, 0.6) is 0 Å². The number of carbonyl (C=O) groups excluding carboxylic acids is 1. The van der Waals surface area contributed by atoms with Crippen molar-refractivity contribution in [3.63, 3.8) is 0 Å². The summed E-state index contributed by atoms with van der Waals surface area (Å²) in [6.45, 7) is 3.45. The lowest BCUT2D eigenvalue weighted by molar-refractivity contribution is -0.127. The van der Waals surface area contributed by atoms with Crippen molar-refractivity contribution in [1.29, 1.82) is 0 Å². The van der Waals surface area contributed by atoms with Crippen LogP contribution in [-0.2, 0) is 11.2 Å². The summed E-state index contributed by atoms with van der Waals surface area (Å²) in [5.74, 6) is 1.77. The van der Waals surface area contributed by atoms with E-state index in [1.807, 2.05) is 4.90 Å². The van der Waals surface area contributed by atoms with Gasteiger partial charge in [0.1, 0.15) is 5.82 Å². The molecule has 1 saturated carbocycles. The molecule has 0 bridgehead atoms. The average molecular weight is 287 g/mol. The molecule has 1 amide bonds. The third kappa shape index (κ3) is 3.74. The Morgan fingerprint density at radius 3 is 2.86 bits per heavy atom. The molecule has 4 nitrogen and oxygen atoms in total. The lowest BCUT2D eigenvalue weighted by Crippen LogP contribution is -2.26. The summed E-state index contributed by atoms with van der Waals surface area (Å²) in [7, 11) is 0. The molecule has 1 saturated heterocycles. The van der Waals surface area contributed by atoms with Gasteiger partial charge in [-0.05, 0) is 43.7 Å². The largest absolute Gasteiger partial charge is 0.367 e. The van der Waals surface area contributed by atoms with E-state index in [1.54, 1.807) is 6.92 Å². The quantitative estimate of drug-likeness (QED) is 0.926. The second-order valence-corrected chi connectivity index (χ2v) is 6.46. The minimum absolute atomic E-state index is 0.196. The number of nitrogens with zero attached hydrogens (tertiary/aromatic N) is 2. The van der Waals surface area contributed by atoms with E-state index in [0.29, 0.717) is 12.0 Å². The Bertz CT molecular complexity index is 497.